The summed E-state index contributed by atoms with van der Waals surface area (Å²) in [5.74, 6) is -0.251. The first-order valence-corrected chi connectivity index (χ1v) is 4.55. The molecule has 0 aliphatic carbocycles. The molecule has 2 heteroatoms. The topological polar surface area (TPSA) is 26.3 Å². The van der Waals surface area contributed by atoms with Gasteiger partial charge in [0.25, 0.3) is 0 Å². The molecule has 0 saturated heterocycles. The van der Waals surface area contributed by atoms with Crippen molar-refractivity contribution in [1.29, 1.82) is 0 Å². The highest BCUT2D eigenvalue weighted by Crippen LogP contribution is 2.11. The summed E-state index contributed by atoms with van der Waals surface area (Å²) in [5, 5.41) is 0. The van der Waals surface area contributed by atoms with E-state index < -0.39 is 0 Å². The maximum atomic E-state index is 10.6. The Morgan fingerprint density at radius 3 is 2.64 bits per heavy atom. The predicted octanol–water partition coefficient (Wildman–Crippen LogP) is 2.48. The third-order valence-electron chi connectivity index (χ3n) is 1.91. The SMILES string of the molecule is C=CCc1ccccc1COC(C)=O. The van der Waals surface area contributed by atoms with E-state index in [1.54, 1.807) is 0 Å². The Labute approximate surface area is 84.2 Å². The summed E-state index contributed by atoms with van der Waals surface area (Å²) in [6.07, 6.45) is 2.64. The minimum atomic E-state index is -0.251. The average molecular weight is 190 g/mol. The van der Waals surface area contributed by atoms with Crippen molar-refractivity contribution >= 4 is 5.97 Å². The molecule has 1 rings (SSSR count). The van der Waals surface area contributed by atoms with Crippen LogP contribution in [0.4, 0.5) is 0 Å². The van der Waals surface area contributed by atoms with E-state index in [4.69, 9.17) is 4.74 Å². The lowest BCUT2D eigenvalue weighted by atomic mass is 10.1. The molecule has 0 unspecified atom stereocenters. The van der Waals surface area contributed by atoms with Gasteiger partial charge in [0.15, 0.2) is 0 Å². The summed E-state index contributed by atoms with van der Waals surface area (Å²) < 4.78 is 4.94. The van der Waals surface area contributed by atoms with E-state index in [0.29, 0.717) is 6.61 Å². The molecule has 0 radical (unpaired) electrons. The van der Waals surface area contributed by atoms with Crippen LogP contribution >= 0.6 is 0 Å². The lowest BCUT2D eigenvalue weighted by Gasteiger charge is -2.07. The number of carbonyl (C=O) groups is 1. The molecule has 0 spiro atoms. The van der Waals surface area contributed by atoms with Crippen molar-refractivity contribution < 1.29 is 9.53 Å². The fourth-order valence-electron chi connectivity index (χ4n) is 1.23. The second-order valence-electron chi connectivity index (χ2n) is 3.04. The van der Waals surface area contributed by atoms with E-state index in [1.807, 2.05) is 30.3 Å². The zero-order chi connectivity index (χ0) is 10.4. The Balaban J connectivity index is 2.73. The molecular formula is C12H14O2. The molecule has 0 fully saturated rings. The van der Waals surface area contributed by atoms with Gasteiger partial charge in [-0.1, -0.05) is 30.3 Å². The van der Waals surface area contributed by atoms with Crippen molar-refractivity contribution in [3.8, 4) is 0 Å². The van der Waals surface area contributed by atoms with Gasteiger partial charge >= 0.3 is 5.97 Å². The predicted molar refractivity (Wildman–Crippen MR) is 55.8 cm³/mol. The van der Waals surface area contributed by atoms with Crippen LogP contribution in [0.3, 0.4) is 0 Å². The second kappa shape index (κ2) is 5.22. The highest BCUT2D eigenvalue weighted by atomic mass is 16.5. The van der Waals surface area contributed by atoms with E-state index in [2.05, 4.69) is 6.58 Å². The van der Waals surface area contributed by atoms with Gasteiger partial charge in [0, 0.05) is 6.92 Å². The molecule has 0 saturated carbocycles. The fourth-order valence-corrected chi connectivity index (χ4v) is 1.23. The number of rotatable bonds is 4. The number of hydrogen-bond acceptors (Lipinski definition) is 2. The molecule has 0 heterocycles. The van der Waals surface area contributed by atoms with Gasteiger partial charge in [-0.2, -0.15) is 0 Å². The van der Waals surface area contributed by atoms with Crippen LogP contribution in [0.1, 0.15) is 18.1 Å². The van der Waals surface area contributed by atoms with Gasteiger partial charge in [-0.3, -0.25) is 4.79 Å². The van der Waals surface area contributed by atoms with Gasteiger partial charge in [-0.15, -0.1) is 6.58 Å². The second-order valence-corrected chi connectivity index (χ2v) is 3.04. The molecule has 1 aromatic rings. The van der Waals surface area contributed by atoms with Crippen LogP contribution in [0.2, 0.25) is 0 Å². The van der Waals surface area contributed by atoms with Gasteiger partial charge in [0.05, 0.1) is 0 Å². The molecule has 1 aromatic carbocycles. The van der Waals surface area contributed by atoms with Crippen LogP contribution in [0.15, 0.2) is 36.9 Å². The normalized spacial score (nSPS) is 9.50. The number of esters is 1. The first kappa shape index (κ1) is 10.5. The average Bonchev–Trinajstić information content (AvgIpc) is 2.17. The minimum absolute atomic E-state index is 0.251. The third kappa shape index (κ3) is 3.05. The van der Waals surface area contributed by atoms with Crippen molar-refractivity contribution in [3.05, 3.63) is 48.0 Å². The largest absolute Gasteiger partial charge is 0.461 e. The third-order valence-corrected chi connectivity index (χ3v) is 1.91. The van der Waals surface area contributed by atoms with E-state index in [1.165, 1.54) is 6.92 Å². The molecule has 0 amide bonds. The zero-order valence-corrected chi connectivity index (χ0v) is 8.32. The number of carbonyl (C=O) groups excluding carboxylic acids is 1. The quantitative estimate of drug-likeness (QED) is 0.538. The van der Waals surface area contributed by atoms with Crippen molar-refractivity contribution in [2.24, 2.45) is 0 Å². The molecule has 0 aliphatic heterocycles. The Morgan fingerprint density at radius 2 is 2.07 bits per heavy atom. The Kier molecular flexibility index (Phi) is 3.92. The molecule has 74 valence electrons. The molecule has 0 aliphatic rings. The number of allylic oxidation sites excluding steroid dienone is 1. The lowest BCUT2D eigenvalue weighted by Crippen LogP contribution is -2.01. The molecule has 2 nitrogen and oxygen atoms in total. The standard InChI is InChI=1S/C12H14O2/c1-3-6-11-7-4-5-8-12(11)9-14-10(2)13/h3-5,7-8H,1,6,9H2,2H3. The molecule has 0 bridgehead atoms. The monoisotopic (exact) mass is 190 g/mol. The minimum Gasteiger partial charge on any atom is -0.461 e. The van der Waals surface area contributed by atoms with E-state index in [0.717, 1.165) is 17.5 Å². The summed E-state index contributed by atoms with van der Waals surface area (Å²) in [7, 11) is 0. The summed E-state index contributed by atoms with van der Waals surface area (Å²) in [5.41, 5.74) is 2.20. The van der Waals surface area contributed by atoms with Crippen LogP contribution in [0.25, 0.3) is 0 Å². The molecule has 14 heavy (non-hydrogen) atoms. The summed E-state index contributed by atoms with van der Waals surface area (Å²) >= 11 is 0. The van der Waals surface area contributed by atoms with Crippen LogP contribution in [0.5, 0.6) is 0 Å². The molecule has 0 atom stereocenters. The van der Waals surface area contributed by atoms with E-state index >= 15 is 0 Å². The Morgan fingerprint density at radius 1 is 1.43 bits per heavy atom. The molecular weight excluding hydrogens is 176 g/mol. The fraction of sp³-hybridized carbons (Fsp3) is 0.250. The smallest absolute Gasteiger partial charge is 0.302 e. The van der Waals surface area contributed by atoms with Crippen molar-refractivity contribution in [2.75, 3.05) is 0 Å². The molecule has 0 N–H and O–H groups in total. The van der Waals surface area contributed by atoms with Gasteiger partial charge in [0.2, 0.25) is 0 Å². The van der Waals surface area contributed by atoms with Crippen LogP contribution < -0.4 is 0 Å². The van der Waals surface area contributed by atoms with Crippen LogP contribution in [-0.2, 0) is 22.6 Å². The first-order valence-electron chi connectivity index (χ1n) is 4.55. The zero-order valence-electron chi connectivity index (χ0n) is 8.32. The van der Waals surface area contributed by atoms with Crippen molar-refractivity contribution in [1.82, 2.24) is 0 Å². The van der Waals surface area contributed by atoms with Gasteiger partial charge < -0.3 is 4.74 Å². The Bertz CT molecular complexity index is 329. The number of hydrogen-bond donors (Lipinski definition) is 0. The van der Waals surface area contributed by atoms with Gasteiger partial charge in [0.1, 0.15) is 6.61 Å². The van der Waals surface area contributed by atoms with Crippen molar-refractivity contribution in [3.63, 3.8) is 0 Å². The van der Waals surface area contributed by atoms with Gasteiger partial charge in [-0.05, 0) is 17.5 Å². The molecule has 0 aromatic heterocycles. The van der Waals surface area contributed by atoms with E-state index in [-0.39, 0.29) is 5.97 Å². The van der Waals surface area contributed by atoms with Crippen molar-refractivity contribution in [2.45, 2.75) is 20.0 Å². The van der Waals surface area contributed by atoms with Crippen LogP contribution in [-0.4, -0.2) is 5.97 Å². The number of ether oxygens (including phenoxy) is 1. The lowest BCUT2D eigenvalue weighted by molar-refractivity contribution is -0.142. The summed E-state index contributed by atoms with van der Waals surface area (Å²) in [6.45, 7) is 5.44. The maximum absolute atomic E-state index is 10.6. The number of benzene rings is 1. The van der Waals surface area contributed by atoms with Crippen LogP contribution in [0, 0.1) is 0 Å². The first-order chi connectivity index (χ1) is 6.74. The highest BCUT2D eigenvalue weighted by Gasteiger charge is 2.01. The summed E-state index contributed by atoms with van der Waals surface area (Å²) in [4.78, 5) is 10.6. The summed E-state index contributed by atoms with van der Waals surface area (Å²) in [6, 6.07) is 7.88. The van der Waals surface area contributed by atoms with Gasteiger partial charge in [-0.25, -0.2) is 0 Å². The maximum Gasteiger partial charge on any atom is 0.302 e. The highest BCUT2D eigenvalue weighted by molar-refractivity contribution is 5.65. The Hall–Kier alpha value is -1.57. The van der Waals surface area contributed by atoms with E-state index in [9.17, 15) is 4.79 Å².